The second-order valence-corrected chi connectivity index (χ2v) is 6.20. The summed E-state index contributed by atoms with van der Waals surface area (Å²) in [6, 6.07) is 7.57. The smallest absolute Gasteiger partial charge is 0.234 e. The summed E-state index contributed by atoms with van der Waals surface area (Å²) in [4.78, 5) is 18.8. The van der Waals surface area contributed by atoms with Crippen molar-refractivity contribution in [2.24, 2.45) is 0 Å². The molecule has 0 spiro atoms. The second-order valence-electron chi connectivity index (χ2n) is 4.65. The number of nitrogens with one attached hydrogen (secondary N) is 1. The number of likely N-dealkylation sites (N-methyl/N-ethyl adjacent to an activating group) is 1. The van der Waals surface area contributed by atoms with Gasteiger partial charge in [-0.1, -0.05) is 23.7 Å². The highest BCUT2D eigenvalue weighted by Crippen LogP contribution is 2.26. The molecule has 1 heterocycles. The van der Waals surface area contributed by atoms with Crippen LogP contribution in [-0.2, 0) is 11.3 Å². The van der Waals surface area contributed by atoms with Crippen LogP contribution in [0.15, 0.2) is 30.5 Å². The maximum atomic E-state index is 11.6. The molecule has 2 aromatic rings. The number of aromatic nitrogens is 1. The molecule has 0 bridgehead atoms. The summed E-state index contributed by atoms with van der Waals surface area (Å²) in [7, 11) is 3.73. The summed E-state index contributed by atoms with van der Waals surface area (Å²) in [5.74, 6) is 0.0106. The van der Waals surface area contributed by atoms with Crippen molar-refractivity contribution in [1.82, 2.24) is 15.2 Å². The van der Waals surface area contributed by atoms with Crippen LogP contribution in [0.25, 0.3) is 10.6 Å². The average molecular weight is 310 g/mol. The van der Waals surface area contributed by atoms with E-state index in [1.807, 2.05) is 43.3 Å². The molecule has 2 rings (SSSR count). The normalized spacial score (nSPS) is 10.8. The van der Waals surface area contributed by atoms with E-state index in [-0.39, 0.29) is 5.91 Å². The molecule has 0 aliphatic carbocycles. The molecule has 6 heteroatoms. The van der Waals surface area contributed by atoms with Crippen LogP contribution < -0.4 is 5.32 Å². The van der Waals surface area contributed by atoms with Crippen molar-refractivity contribution in [3.05, 3.63) is 40.4 Å². The van der Waals surface area contributed by atoms with Gasteiger partial charge >= 0.3 is 0 Å². The molecule has 1 amide bonds. The van der Waals surface area contributed by atoms with Gasteiger partial charge in [0.2, 0.25) is 5.91 Å². The van der Waals surface area contributed by atoms with E-state index in [0.717, 1.165) is 15.4 Å². The van der Waals surface area contributed by atoms with E-state index in [0.29, 0.717) is 18.1 Å². The molecule has 0 saturated carbocycles. The number of rotatable bonds is 5. The first-order valence-corrected chi connectivity index (χ1v) is 7.36. The van der Waals surface area contributed by atoms with Gasteiger partial charge in [0.25, 0.3) is 0 Å². The Morgan fingerprint density at radius 2 is 2.05 bits per heavy atom. The van der Waals surface area contributed by atoms with E-state index in [1.165, 1.54) is 0 Å². The molecule has 1 N–H and O–H groups in total. The summed E-state index contributed by atoms with van der Waals surface area (Å²) >= 11 is 7.43. The number of carbonyl (C=O) groups excluding carboxylic acids is 1. The predicted octanol–water partition coefficient (Wildman–Crippen LogP) is 2.64. The molecule has 0 aliphatic heterocycles. The third-order valence-corrected chi connectivity index (χ3v) is 3.86. The molecule has 0 radical (unpaired) electrons. The van der Waals surface area contributed by atoms with Gasteiger partial charge in [0, 0.05) is 21.7 Å². The van der Waals surface area contributed by atoms with Crippen molar-refractivity contribution in [1.29, 1.82) is 0 Å². The van der Waals surface area contributed by atoms with Gasteiger partial charge in [0.1, 0.15) is 5.01 Å². The molecule has 0 fully saturated rings. The van der Waals surface area contributed by atoms with Gasteiger partial charge < -0.3 is 10.2 Å². The monoisotopic (exact) mass is 309 g/mol. The molecule has 1 aromatic carbocycles. The first kappa shape index (κ1) is 15.0. The van der Waals surface area contributed by atoms with E-state index in [2.05, 4.69) is 10.3 Å². The van der Waals surface area contributed by atoms with Crippen LogP contribution in [0.1, 0.15) is 4.88 Å². The number of nitrogens with zero attached hydrogens (tertiary/aromatic N) is 2. The van der Waals surface area contributed by atoms with Gasteiger partial charge in [0.05, 0.1) is 13.1 Å². The summed E-state index contributed by atoms with van der Waals surface area (Å²) in [6.07, 6.45) is 1.80. The van der Waals surface area contributed by atoms with Crippen LogP contribution in [0.5, 0.6) is 0 Å². The van der Waals surface area contributed by atoms with Crippen LogP contribution >= 0.6 is 22.9 Å². The van der Waals surface area contributed by atoms with E-state index in [4.69, 9.17) is 11.6 Å². The number of carbonyl (C=O) groups is 1. The molecule has 0 aliphatic rings. The van der Waals surface area contributed by atoms with E-state index >= 15 is 0 Å². The van der Waals surface area contributed by atoms with Crippen molar-refractivity contribution in [3.63, 3.8) is 0 Å². The molecular formula is C14H16ClN3OS. The molecule has 1 aromatic heterocycles. The van der Waals surface area contributed by atoms with Crippen molar-refractivity contribution in [2.45, 2.75) is 6.54 Å². The number of hydrogen-bond acceptors (Lipinski definition) is 4. The summed E-state index contributed by atoms with van der Waals surface area (Å²) < 4.78 is 0. The van der Waals surface area contributed by atoms with E-state index in [9.17, 15) is 4.79 Å². The number of benzene rings is 1. The van der Waals surface area contributed by atoms with Crippen LogP contribution in [0.2, 0.25) is 5.02 Å². The second kappa shape index (κ2) is 6.83. The Balaban J connectivity index is 1.95. The zero-order valence-corrected chi connectivity index (χ0v) is 13.0. The van der Waals surface area contributed by atoms with Crippen molar-refractivity contribution in [3.8, 4) is 10.6 Å². The lowest BCUT2D eigenvalue weighted by Crippen LogP contribution is -2.32. The number of halogens is 1. The quantitative estimate of drug-likeness (QED) is 0.923. The fourth-order valence-corrected chi connectivity index (χ4v) is 2.63. The highest BCUT2D eigenvalue weighted by molar-refractivity contribution is 7.15. The summed E-state index contributed by atoms with van der Waals surface area (Å²) in [5.41, 5.74) is 1.03. The molecule has 106 valence electrons. The Hall–Kier alpha value is -1.43. The van der Waals surface area contributed by atoms with Gasteiger partial charge in [0.15, 0.2) is 0 Å². The Morgan fingerprint density at radius 1 is 1.35 bits per heavy atom. The Morgan fingerprint density at radius 3 is 2.70 bits per heavy atom. The lowest BCUT2D eigenvalue weighted by atomic mass is 10.2. The van der Waals surface area contributed by atoms with Gasteiger partial charge in [-0.2, -0.15) is 0 Å². The minimum Gasteiger partial charge on any atom is -0.350 e. The van der Waals surface area contributed by atoms with Crippen LogP contribution in [0, 0.1) is 0 Å². The first-order chi connectivity index (χ1) is 9.54. The third-order valence-electron chi connectivity index (χ3n) is 2.56. The maximum Gasteiger partial charge on any atom is 0.234 e. The molecule has 0 atom stereocenters. The minimum absolute atomic E-state index is 0.0106. The topological polar surface area (TPSA) is 45.2 Å². The molecule has 4 nitrogen and oxygen atoms in total. The number of thiazole rings is 1. The standard InChI is InChI=1S/C14H16ClN3OS/c1-18(2)9-13(19)16-7-12-8-17-14(20-12)10-3-5-11(15)6-4-10/h3-6,8H,7,9H2,1-2H3,(H,16,19). The Kier molecular flexibility index (Phi) is 5.11. The Bertz CT molecular complexity index is 580. The maximum absolute atomic E-state index is 11.6. The van der Waals surface area contributed by atoms with Crippen LogP contribution in [0.4, 0.5) is 0 Å². The number of hydrogen-bond donors (Lipinski definition) is 1. The zero-order chi connectivity index (χ0) is 14.5. The lowest BCUT2D eigenvalue weighted by Gasteiger charge is -2.08. The first-order valence-electron chi connectivity index (χ1n) is 6.16. The van der Waals surface area contributed by atoms with Gasteiger partial charge in [-0.25, -0.2) is 4.98 Å². The highest BCUT2D eigenvalue weighted by atomic mass is 35.5. The molecule has 0 saturated heterocycles. The average Bonchev–Trinajstić information content (AvgIpc) is 2.85. The lowest BCUT2D eigenvalue weighted by molar-refractivity contribution is -0.121. The minimum atomic E-state index is 0.0106. The predicted molar refractivity (Wildman–Crippen MR) is 83.0 cm³/mol. The highest BCUT2D eigenvalue weighted by Gasteiger charge is 2.07. The van der Waals surface area contributed by atoms with Crippen molar-refractivity contribution in [2.75, 3.05) is 20.6 Å². The van der Waals surface area contributed by atoms with Crippen molar-refractivity contribution >= 4 is 28.8 Å². The molecule has 0 unspecified atom stereocenters. The number of amides is 1. The van der Waals surface area contributed by atoms with Crippen molar-refractivity contribution < 1.29 is 4.79 Å². The summed E-state index contributed by atoms with van der Waals surface area (Å²) in [5, 5.41) is 4.51. The Labute approximate surface area is 127 Å². The van der Waals surface area contributed by atoms with Crippen LogP contribution in [0.3, 0.4) is 0 Å². The van der Waals surface area contributed by atoms with Gasteiger partial charge in [-0.05, 0) is 26.2 Å². The molecular weight excluding hydrogens is 294 g/mol. The van der Waals surface area contributed by atoms with Gasteiger partial charge in [-0.3, -0.25) is 4.79 Å². The van der Waals surface area contributed by atoms with E-state index in [1.54, 1.807) is 17.5 Å². The van der Waals surface area contributed by atoms with Gasteiger partial charge in [-0.15, -0.1) is 11.3 Å². The van der Waals surface area contributed by atoms with E-state index < -0.39 is 0 Å². The summed E-state index contributed by atoms with van der Waals surface area (Å²) in [6.45, 7) is 0.904. The SMILES string of the molecule is CN(C)CC(=O)NCc1cnc(-c2ccc(Cl)cc2)s1. The van der Waals surface area contributed by atoms with Crippen LogP contribution in [-0.4, -0.2) is 36.4 Å². The fourth-order valence-electron chi connectivity index (χ4n) is 1.64. The zero-order valence-electron chi connectivity index (χ0n) is 11.4. The molecule has 20 heavy (non-hydrogen) atoms. The fraction of sp³-hybridized carbons (Fsp3) is 0.286. The largest absolute Gasteiger partial charge is 0.350 e. The third kappa shape index (κ3) is 4.30.